The molecule has 0 saturated heterocycles. The Bertz CT molecular complexity index is 517. The van der Waals surface area contributed by atoms with Crippen molar-refractivity contribution in [2.24, 2.45) is 11.7 Å². The summed E-state index contributed by atoms with van der Waals surface area (Å²) in [6.45, 7) is 1.93. The topological polar surface area (TPSA) is 46.2 Å². The van der Waals surface area contributed by atoms with Gasteiger partial charge in [0.1, 0.15) is 0 Å². The van der Waals surface area contributed by atoms with E-state index in [0.29, 0.717) is 0 Å². The number of aliphatic hydroxyl groups excluding tert-OH is 1. The zero-order valence-electron chi connectivity index (χ0n) is 14.4. The van der Waals surface area contributed by atoms with E-state index in [1.165, 1.54) is 49.8 Å². The minimum absolute atomic E-state index is 0.0338. The number of aliphatic hydroxyl groups is 1. The van der Waals surface area contributed by atoms with Crippen LogP contribution in [0.4, 0.5) is 0 Å². The fraction of sp³-hybridized carbons (Fsp3) is 0.700. The number of thiophene rings is 1. The van der Waals surface area contributed by atoms with Crippen LogP contribution in [0.2, 0.25) is 0 Å². The summed E-state index contributed by atoms with van der Waals surface area (Å²) in [7, 11) is 0. The molecular weight excluding hydrogens is 302 g/mol. The van der Waals surface area contributed by atoms with Crippen LogP contribution in [0.25, 0.3) is 0 Å². The van der Waals surface area contributed by atoms with Crippen LogP contribution in [0.1, 0.15) is 74.5 Å². The SMILES string of the molecule is CC(N)(CO)CCc1ccc(C#CCCCC2CCCCC2)s1. The number of unbranched alkanes of at least 4 members (excludes halogenated alkanes) is 1. The van der Waals surface area contributed by atoms with Crippen LogP contribution in [0.5, 0.6) is 0 Å². The van der Waals surface area contributed by atoms with E-state index in [2.05, 4.69) is 24.0 Å². The van der Waals surface area contributed by atoms with Crippen molar-refractivity contribution >= 4 is 11.3 Å². The van der Waals surface area contributed by atoms with E-state index in [0.717, 1.165) is 30.1 Å². The van der Waals surface area contributed by atoms with Crippen LogP contribution in [0, 0.1) is 17.8 Å². The van der Waals surface area contributed by atoms with Crippen LogP contribution in [0.15, 0.2) is 12.1 Å². The molecule has 0 amide bonds. The van der Waals surface area contributed by atoms with Crippen LogP contribution < -0.4 is 5.73 Å². The molecule has 2 rings (SSSR count). The van der Waals surface area contributed by atoms with Gasteiger partial charge in [0.15, 0.2) is 0 Å². The van der Waals surface area contributed by atoms with Crippen molar-refractivity contribution in [2.75, 3.05) is 6.61 Å². The monoisotopic (exact) mass is 333 g/mol. The molecule has 3 N–H and O–H groups in total. The molecule has 0 spiro atoms. The van der Waals surface area contributed by atoms with Crippen molar-refractivity contribution in [3.63, 3.8) is 0 Å². The van der Waals surface area contributed by atoms with Gasteiger partial charge in [-0.05, 0) is 50.7 Å². The summed E-state index contributed by atoms with van der Waals surface area (Å²) in [5.41, 5.74) is 5.50. The molecule has 1 fully saturated rings. The van der Waals surface area contributed by atoms with Gasteiger partial charge in [0.2, 0.25) is 0 Å². The smallest absolute Gasteiger partial charge is 0.0771 e. The van der Waals surface area contributed by atoms with E-state index in [1.54, 1.807) is 11.3 Å². The van der Waals surface area contributed by atoms with Crippen molar-refractivity contribution < 1.29 is 5.11 Å². The predicted molar refractivity (Wildman–Crippen MR) is 99.6 cm³/mol. The summed E-state index contributed by atoms with van der Waals surface area (Å²) >= 11 is 1.76. The average Bonchev–Trinajstić information content (AvgIpc) is 3.02. The van der Waals surface area contributed by atoms with Crippen LogP contribution >= 0.6 is 11.3 Å². The number of hydrogen-bond acceptors (Lipinski definition) is 3. The Hall–Kier alpha value is -0.820. The lowest BCUT2D eigenvalue weighted by Crippen LogP contribution is -2.40. The highest BCUT2D eigenvalue weighted by molar-refractivity contribution is 7.12. The van der Waals surface area contributed by atoms with Gasteiger partial charge in [-0.15, -0.1) is 11.3 Å². The molecule has 0 aliphatic heterocycles. The van der Waals surface area contributed by atoms with E-state index in [-0.39, 0.29) is 6.61 Å². The third-order valence-electron chi connectivity index (χ3n) is 4.82. The first-order valence-electron chi connectivity index (χ1n) is 9.06. The molecule has 0 radical (unpaired) electrons. The molecule has 1 aliphatic rings. The van der Waals surface area contributed by atoms with Crippen LogP contribution in [-0.2, 0) is 6.42 Å². The Labute approximate surface area is 145 Å². The second kappa shape index (κ2) is 9.47. The minimum atomic E-state index is -0.477. The third kappa shape index (κ3) is 7.08. The lowest BCUT2D eigenvalue weighted by molar-refractivity contribution is 0.201. The Morgan fingerprint density at radius 3 is 2.83 bits per heavy atom. The van der Waals surface area contributed by atoms with E-state index in [1.807, 2.05) is 6.92 Å². The molecule has 1 heterocycles. The van der Waals surface area contributed by atoms with Gasteiger partial charge >= 0.3 is 0 Å². The molecule has 1 aliphatic carbocycles. The van der Waals surface area contributed by atoms with Gasteiger partial charge in [-0.25, -0.2) is 0 Å². The first-order chi connectivity index (χ1) is 11.1. The summed E-state index contributed by atoms with van der Waals surface area (Å²) < 4.78 is 0. The van der Waals surface area contributed by atoms with Gasteiger partial charge in [-0.3, -0.25) is 0 Å². The highest BCUT2D eigenvalue weighted by Gasteiger charge is 2.17. The summed E-state index contributed by atoms with van der Waals surface area (Å²) in [6, 6.07) is 4.26. The van der Waals surface area contributed by atoms with Gasteiger partial charge in [0.05, 0.1) is 11.5 Å². The standard InChI is InChI=1S/C20H31NOS/c1-20(21,16-22)15-14-19-13-12-18(23-19)11-7-3-6-10-17-8-4-2-5-9-17/h12-13,17,22H,2-6,8-10,14-16,21H2,1H3. The van der Waals surface area contributed by atoms with Gasteiger partial charge in [0.25, 0.3) is 0 Å². The van der Waals surface area contributed by atoms with Gasteiger partial charge < -0.3 is 10.8 Å². The molecule has 1 aromatic heterocycles. The summed E-state index contributed by atoms with van der Waals surface area (Å²) in [5.74, 6) is 7.60. The molecule has 23 heavy (non-hydrogen) atoms. The molecule has 2 nitrogen and oxygen atoms in total. The third-order valence-corrected chi connectivity index (χ3v) is 5.88. The maximum atomic E-state index is 9.19. The second-order valence-electron chi connectivity index (χ2n) is 7.28. The molecule has 3 heteroatoms. The number of hydrogen-bond donors (Lipinski definition) is 2. The Kier molecular flexibility index (Phi) is 7.62. The van der Waals surface area contributed by atoms with Gasteiger partial charge in [-0.2, -0.15) is 0 Å². The molecule has 1 saturated carbocycles. The first-order valence-corrected chi connectivity index (χ1v) is 9.88. The molecular formula is C20H31NOS. The van der Waals surface area contributed by atoms with Crippen molar-refractivity contribution in [1.82, 2.24) is 0 Å². The fourth-order valence-electron chi connectivity index (χ4n) is 3.17. The first kappa shape index (κ1) is 18.5. The number of aryl methyl sites for hydroxylation is 1. The lowest BCUT2D eigenvalue weighted by Gasteiger charge is -2.20. The van der Waals surface area contributed by atoms with Crippen LogP contribution in [0.3, 0.4) is 0 Å². The average molecular weight is 334 g/mol. The zero-order valence-corrected chi connectivity index (χ0v) is 15.3. The van der Waals surface area contributed by atoms with Crippen LogP contribution in [-0.4, -0.2) is 17.3 Å². The van der Waals surface area contributed by atoms with Crippen molar-refractivity contribution in [3.05, 3.63) is 21.9 Å². The van der Waals surface area contributed by atoms with Crippen molar-refractivity contribution in [3.8, 4) is 11.8 Å². The zero-order chi connectivity index (χ0) is 16.5. The molecule has 128 valence electrons. The maximum absolute atomic E-state index is 9.19. The summed E-state index contributed by atoms with van der Waals surface area (Å²) in [6.07, 6.45) is 12.6. The molecule has 1 aromatic rings. The molecule has 1 atom stereocenters. The Balaban J connectivity index is 1.68. The molecule has 1 unspecified atom stereocenters. The highest BCUT2D eigenvalue weighted by atomic mass is 32.1. The predicted octanol–water partition coefficient (Wildman–Crippen LogP) is 4.49. The van der Waals surface area contributed by atoms with Crippen molar-refractivity contribution in [2.45, 2.75) is 76.7 Å². The maximum Gasteiger partial charge on any atom is 0.0771 e. The van der Waals surface area contributed by atoms with E-state index in [4.69, 9.17) is 5.73 Å². The van der Waals surface area contributed by atoms with Gasteiger partial charge in [0, 0.05) is 16.8 Å². The Morgan fingerprint density at radius 1 is 1.30 bits per heavy atom. The van der Waals surface area contributed by atoms with E-state index < -0.39 is 5.54 Å². The normalized spacial score (nSPS) is 18.2. The second-order valence-corrected chi connectivity index (χ2v) is 8.44. The summed E-state index contributed by atoms with van der Waals surface area (Å²) in [4.78, 5) is 2.46. The quantitative estimate of drug-likeness (QED) is 0.570. The van der Waals surface area contributed by atoms with Crippen molar-refractivity contribution in [1.29, 1.82) is 0 Å². The number of rotatable bonds is 7. The number of nitrogens with two attached hydrogens (primary N) is 1. The summed E-state index contributed by atoms with van der Waals surface area (Å²) in [5, 5.41) is 9.19. The minimum Gasteiger partial charge on any atom is -0.394 e. The highest BCUT2D eigenvalue weighted by Crippen LogP contribution is 2.27. The Morgan fingerprint density at radius 2 is 2.09 bits per heavy atom. The van der Waals surface area contributed by atoms with Gasteiger partial charge in [-0.1, -0.05) is 43.9 Å². The largest absolute Gasteiger partial charge is 0.394 e. The molecule has 0 bridgehead atoms. The fourth-order valence-corrected chi connectivity index (χ4v) is 4.05. The van der Waals surface area contributed by atoms with E-state index >= 15 is 0 Å². The lowest BCUT2D eigenvalue weighted by atomic mass is 9.86. The molecule has 0 aromatic carbocycles. The van der Waals surface area contributed by atoms with E-state index in [9.17, 15) is 5.11 Å².